The Labute approximate surface area is 110 Å². The molecule has 114 valence electrons. The first-order valence-corrected chi connectivity index (χ1v) is 7.40. The minimum atomic E-state index is -9.73. The van der Waals surface area contributed by atoms with Crippen molar-refractivity contribution >= 4 is 21.3 Å². The lowest BCUT2D eigenvalue weighted by Crippen LogP contribution is -2.24. The van der Waals surface area contributed by atoms with Gasteiger partial charge in [0.2, 0.25) is 0 Å². The fraction of sp³-hybridized carbons (Fsp3) is 0.300. The number of H-pyrrole nitrogens is 1. The van der Waals surface area contributed by atoms with Crippen molar-refractivity contribution in [3.8, 4) is 0 Å². The molecule has 1 aromatic carbocycles. The Bertz CT molecular complexity index is 666. The van der Waals surface area contributed by atoms with Gasteiger partial charge in [-0.05, 0) is 25.1 Å². The number of nitrogens with two attached hydrogens (primary N) is 1. The summed E-state index contributed by atoms with van der Waals surface area (Å²) in [6.45, 7) is 1.37. The average molecular weight is 317 g/mol. The summed E-state index contributed by atoms with van der Waals surface area (Å²) in [5, 5.41) is 9.29. The van der Waals surface area contributed by atoms with Crippen LogP contribution in [0.25, 0.3) is 11.0 Å². The molecule has 0 aliphatic rings. The molecule has 2 aromatic rings. The lowest BCUT2D eigenvalue weighted by molar-refractivity contribution is 0.161. The van der Waals surface area contributed by atoms with E-state index in [1.807, 2.05) is 0 Å². The first-order valence-electron chi connectivity index (χ1n) is 5.45. The zero-order valence-corrected chi connectivity index (χ0v) is 11.0. The van der Waals surface area contributed by atoms with E-state index in [2.05, 4.69) is 9.97 Å². The minimum Gasteiger partial charge on any atom is -0.391 e. The second-order valence-corrected chi connectivity index (χ2v) is 6.95. The van der Waals surface area contributed by atoms with E-state index >= 15 is 0 Å². The summed E-state index contributed by atoms with van der Waals surface area (Å²) in [6.07, 6.45) is -0.995. The number of fused-ring (bicyclic) bond motifs is 1. The van der Waals surface area contributed by atoms with Gasteiger partial charge in [-0.25, -0.2) is 4.98 Å². The van der Waals surface area contributed by atoms with Crippen LogP contribution >= 0.6 is 10.2 Å². The van der Waals surface area contributed by atoms with E-state index in [1.54, 1.807) is 0 Å². The third-order valence-corrected chi connectivity index (χ3v) is 3.90. The number of benzene rings is 1. The highest BCUT2D eigenvalue weighted by atomic mass is 32.5. The van der Waals surface area contributed by atoms with E-state index in [-0.39, 0.29) is 22.9 Å². The molecule has 2 rings (SSSR count). The van der Waals surface area contributed by atoms with Crippen molar-refractivity contribution < 1.29 is 24.5 Å². The van der Waals surface area contributed by atoms with Crippen LogP contribution in [0.15, 0.2) is 23.1 Å². The molecule has 20 heavy (non-hydrogen) atoms. The molecule has 1 aromatic heterocycles. The number of aliphatic hydroxyl groups excluding tert-OH is 1. The number of aromatic nitrogens is 2. The molecule has 0 radical (unpaired) electrons. The van der Waals surface area contributed by atoms with Crippen molar-refractivity contribution in [1.82, 2.24) is 9.97 Å². The van der Waals surface area contributed by atoms with Crippen LogP contribution in [-0.4, -0.2) is 21.2 Å². The molecule has 0 fully saturated rings. The van der Waals surface area contributed by atoms with Crippen molar-refractivity contribution in [1.29, 1.82) is 0 Å². The van der Waals surface area contributed by atoms with Crippen molar-refractivity contribution in [2.75, 3.05) is 0 Å². The van der Waals surface area contributed by atoms with Gasteiger partial charge in [0.25, 0.3) is 0 Å². The Morgan fingerprint density at radius 2 is 1.85 bits per heavy atom. The Kier molecular flexibility index (Phi) is 2.72. The van der Waals surface area contributed by atoms with Crippen LogP contribution in [-0.2, 0) is 0 Å². The second kappa shape index (κ2) is 3.62. The van der Waals surface area contributed by atoms with Crippen LogP contribution in [0.4, 0.5) is 19.4 Å². The van der Waals surface area contributed by atoms with Gasteiger partial charge in [0.1, 0.15) is 10.7 Å². The molecule has 0 amide bonds. The standard InChI is InChI=1S/C10H12F5N3OS/c1-5(19)9(16)10-17-7-3-2-6(4-8(7)18-10)20(11,12,13,14)15/h2-5,9,19H,16H2,1H3,(H,17,18)/t5-,9+/m1/s1. The van der Waals surface area contributed by atoms with Crippen LogP contribution in [0, 0.1) is 0 Å². The van der Waals surface area contributed by atoms with Crippen molar-refractivity contribution in [3.05, 3.63) is 24.0 Å². The van der Waals surface area contributed by atoms with Gasteiger partial charge in [-0.1, -0.05) is 19.4 Å². The number of halogens is 5. The third kappa shape index (κ3) is 2.86. The normalized spacial score (nSPS) is 19.4. The molecule has 4 N–H and O–H groups in total. The number of nitrogens with one attached hydrogen (secondary N) is 1. The van der Waals surface area contributed by atoms with Crippen LogP contribution in [0.5, 0.6) is 0 Å². The number of rotatable bonds is 3. The highest BCUT2D eigenvalue weighted by Gasteiger charge is 2.65. The molecule has 10 heteroatoms. The van der Waals surface area contributed by atoms with Crippen molar-refractivity contribution in [3.63, 3.8) is 0 Å². The second-order valence-electron chi connectivity index (χ2n) is 4.54. The maximum atomic E-state index is 12.7. The Hall–Kier alpha value is -1.39. The molecule has 0 saturated carbocycles. The van der Waals surface area contributed by atoms with Crippen LogP contribution in [0.1, 0.15) is 18.8 Å². The predicted octanol–water partition coefficient (Wildman–Crippen LogP) is 3.60. The molecule has 2 atom stereocenters. The van der Waals surface area contributed by atoms with Gasteiger partial charge in [-0.15, -0.1) is 0 Å². The largest absolute Gasteiger partial charge is 0.391 e. The van der Waals surface area contributed by atoms with E-state index in [0.717, 1.165) is 6.07 Å². The SMILES string of the molecule is C[C@@H](O)[C@H](N)c1nc2ccc(S(F)(F)(F)(F)F)cc2[nH]1. The molecule has 1 heterocycles. The van der Waals surface area contributed by atoms with Crippen molar-refractivity contribution in [2.45, 2.75) is 24.0 Å². The summed E-state index contributed by atoms with van der Waals surface area (Å²) >= 11 is 0. The van der Waals surface area contributed by atoms with Gasteiger partial charge in [0.15, 0.2) is 0 Å². The van der Waals surface area contributed by atoms with Gasteiger partial charge < -0.3 is 15.8 Å². The first kappa shape index (κ1) is 15.0. The van der Waals surface area contributed by atoms with Crippen molar-refractivity contribution in [2.24, 2.45) is 5.73 Å². The van der Waals surface area contributed by atoms with E-state index in [4.69, 9.17) is 5.73 Å². The van der Waals surface area contributed by atoms with Gasteiger partial charge >= 0.3 is 10.2 Å². The van der Waals surface area contributed by atoms with Gasteiger partial charge in [0.05, 0.1) is 23.2 Å². The Balaban J connectivity index is 2.57. The van der Waals surface area contributed by atoms with Gasteiger partial charge in [-0.3, -0.25) is 0 Å². The Morgan fingerprint density at radius 1 is 1.25 bits per heavy atom. The van der Waals surface area contributed by atoms with E-state index in [9.17, 15) is 24.5 Å². The van der Waals surface area contributed by atoms with E-state index in [1.165, 1.54) is 6.92 Å². The quantitative estimate of drug-likeness (QED) is 0.757. The molecular weight excluding hydrogens is 305 g/mol. The highest BCUT2D eigenvalue weighted by molar-refractivity contribution is 8.45. The summed E-state index contributed by atoms with van der Waals surface area (Å²) in [5.41, 5.74) is 5.41. The smallest absolute Gasteiger partial charge is 0.310 e. The van der Waals surface area contributed by atoms with E-state index < -0.39 is 27.3 Å². The minimum absolute atomic E-state index is 0.0225. The Morgan fingerprint density at radius 3 is 2.35 bits per heavy atom. The monoisotopic (exact) mass is 317 g/mol. The molecule has 0 unspecified atom stereocenters. The van der Waals surface area contributed by atoms with E-state index in [0.29, 0.717) is 6.07 Å². The maximum Gasteiger partial charge on any atom is 0.310 e. The molecule has 0 saturated heterocycles. The first-order chi connectivity index (χ1) is 8.77. The summed E-state index contributed by atoms with van der Waals surface area (Å²) in [5.74, 6) is 0.0225. The third-order valence-electron chi connectivity index (χ3n) is 2.75. The number of aliphatic hydroxyl groups is 1. The van der Waals surface area contributed by atoms with Crippen LogP contribution in [0.2, 0.25) is 0 Å². The summed E-state index contributed by atoms with van der Waals surface area (Å²) in [7, 11) is -9.73. The predicted molar refractivity (Wildman–Crippen MR) is 66.1 cm³/mol. The number of aromatic amines is 1. The average Bonchev–Trinajstić information content (AvgIpc) is 2.66. The highest BCUT2D eigenvalue weighted by Crippen LogP contribution is 3.02. The van der Waals surface area contributed by atoms with Crippen LogP contribution < -0.4 is 5.73 Å². The lowest BCUT2D eigenvalue weighted by Gasteiger charge is -2.40. The summed E-state index contributed by atoms with van der Waals surface area (Å²) in [6, 6.07) is 0.452. The molecule has 0 spiro atoms. The van der Waals surface area contributed by atoms with Gasteiger partial charge in [0, 0.05) is 0 Å². The number of hydrogen-bond donors (Lipinski definition) is 3. The topological polar surface area (TPSA) is 74.9 Å². The zero-order valence-electron chi connectivity index (χ0n) is 10.2. The lowest BCUT2D eigenvalue weighted by atomic mass is 10.2. The number of nitrogens with zero attached hydrogens (tertiary/aromatic N) is 1. The molecular formula is C10H12F5N3OS. The maximum absolute atomic E-state index is 12.7. The molecule has 0 bridgehead atoms. The zero-order chi connectivity index (χ0) is 15.4. The molecule has 0 aliphatic carbocycles. The fourth-order valence-electron chi connectivity index (χ4n) is 1.63. The number of hydrogen-bond acceptors (Lipinski definition) is 3. The van der Waals surface area contributed by atoms with Crippen LogP contribution in [0.3, 0.4) is 0 Å². The fourth-order valence-corrected chi connectivity index (χ4v) is 2.30. The molecule has 4 nitrogen and oxygen atoms in total. The summed E-state index contributed by atoms with van der Waals surface area (Å²) in [4.78, 5) is 4.27. The molecule has 0 aliphatic heterocycles. The summed E-state index contributed by atoms with van der Waals surface area (Å²) < 4.78 is 63.4. The number of imidazole rings is 1. The van der Waals surface area contributed by atoms with Gasteiger partial charge in [-0.2, -0.15) is 0 Å².